The lowest BCUT2D eigenvalue weighted by molar-refractivity contribution is -0.00846. The van der Waals surface area contributed by atoms with E-state index in [9.17, 15) is 13.2 Å². The van der Waals surface area contributed by atoms with Gasteiger partial charge in [-0.05, 0) is 26.8 Å². The van der Waals surface area contributed by atoms with E-state index in [1.165, 1.54) is 32.0 Å². The van der Waals surface area contributed by atoms with E-state index in [0.29, 0.717) is 11.4 Å². The average Bonchev–Trinajstić information content (AvgIpc) is 3.18. The number of sulfonamides is 1. The van der Waals surface area contributed by atoms with Gasteiger partial charge in [-0.25, -0.2) is 9.52 Å². The molecule has 0 saturated carbocycles. The monoisotopic (exact) mass is 453 g/mol. The van der Waals surface area contributed by atoms with Crippen LogP contribution in [0, 0.1) is 6.92 Å². The van der Waals surface area contributed by atoms with Gasteiger partial charge in [-0.15, -0.1) is 0 Å². The van der Waals surface area contributed by atoms with Crippen LogP contribution in [0.2, 0.25) is 0 Å². The predicted molar refractivity (Wildman–Crippen MR) is 109 cm³/mol. The fourth-order valence-corrected chi connectivity index (χ4v) is 4.24. The molecule has 0 atom stereocenters. The lowest BCUT2D eigenvalue weighted by Crippen LogP contribution is -2.36. The number of ether oxygens (including phenoxy) is 2. The molecule has 2 aromatic heterocycles. The van der Waals surface area contributed by atoms with Gasteiger partial charge in [-0.3, -0.25) is 20.3 Å². The number of urea groups is 1. The molecule has 2 aromatic rings. The number of amides is 2. The number of rotatable bonds is 6. The third kappa shape index (κ3) is 4.69. The van der Waals surface area contributed by atoms with Gasteiger partial charge in [-0.1, -0.05) is 0 Å². The van der Waals surface area contributed by atoms with Crippen LogP contribution in [0.1, 0.15) is 25.1 Å². The Labute approximate surface area is 178 Å². The smallest absolute Gasteiger partial charge is 0.335 e. The normalized spacial score (nSPS) is 15.1. The maximum absolute atomic E-state index is 13.0. The Bertz CT molecular complexity index is 1130. The predicted octanol–water partition coefficient (Wildman–Crippen LogP) is 0.700. The van der Waals surface area contributed by atoms with Crippen molar-refractivity contribution in [2.45, 2.75) is 31.4 Å². The van der Waals surface area contributed by atoms with Crippen LogP contribution in [0.15, 0.2) is 17.2 Å². The second-order valence-electron chi connectivity index (χ2n) is 7.09. The Balaban J connectivity index is 1.89. The Morgan fingerprint density at radius 1 is 1.23 bits per heavy atom. The fourth-order valence-electron chi connectivity index (χ4n) is 2.94. The van der Waals surface area contributed by atoms with Crippen LogP contribution < -0.4 is 25.0 Å². The highest BCUT2D eigenvalue weighted by molar-refractivity contribution is 7.90. The number of aromatic nitrogens is 4. The minimum atomic E-state index is -4.34. The number of nitrogens with zero attached hydrogens (tertiary/aromatic N) is 4. The standard InChI is InChI=1S/C17H23N7O6S/c1-9-13(10-8-17(2,3)30-22-10)14(24(4)21-9)31(26,27)23-16(25)20-15-18-11(28-5)7-12(19-15)29-6/h7-8,22H,1-6H3,(H2,18,19,20,23,25). The molecule has 0 fully saturated rings. The molecule has 2 amide bonds. The molecule has 1 aliphatic heterocycles. The van der Waals surface area contributed by atoms with Gasteiger partial charge in [-0.2, -0.15) is 23.5 Å². The van der Waals surface area contributed by atoms with Gasteiger partial charge in [0.05, 0.1) is 37.2 Å². The van der Waals surface area contributed by atoms with Gasteiger partial charge in [0.1, 0.15) is 5.60 Å². The highest BCUT2D eigenvalue weighted by Crippen LogP contribution is 2.31. The summed E-state index contributed by atoms with van der Waals surface area (Å²) in [6, 6.07) is 0.321. The van der Waals surface area contributed by atoms with Crippen molar-refractivity contribution in [1.82, 2.24) is 30.0 Å². The number of hydrogen-bond donors (Lipinski definition) is 3. The molecule has 3 N–H and O–H groups in total. The van der Waals surface area contributed by atoms with Gasteiger partial charge in [0.2, 0.25) is 17.7 Å². The highest BCUT2D eigenvalue weighted by Gasteiger charge is 2.34. The Hall–Kier alpha value is -3.39. The van der Waals surface area contributed by atoms with Crippen molar-refractivity contribution in [2.75, 3.05) is 19.5 Å². The third-order valence-electron chi connectivity index (χ3n) is 4.16. The van der Waals surface area contributed by atoms with Crippen LogP contribution in [-0.4, -0.2) is 54.0 Å². The molecule has 0 aliphatic carbocycles. The summed E-state index contributed by atoms with van der Waals surface area (Å²) in [5, 5.41) is 6.21. The first-order valence-corrected chi connectivity index (χ1v) is 10.5. The molecule has 0 aromatic carbocycles. The van der Waals surface area contributed by atoms with Crippen molar-refractivity contribution in [3.63, 3.8) is 0 Å². The van der Waals surface area contributed by atoms with Crippen LogP contribution in [0.3, 0.4) is 0 Å². The Morgan fingerprint density at radius 3 is 2.35 bits per heavy atom. The van der Waals surface area contributed by atoms with Crippen LogP contribution >= 0.6 is 0 Å². The van der Waals surface area contributed by atoms with Crippen LogP contribution in [0.25, 0.3) is 5.70 Å². The first kappa shape index (κ1) is 22.3. The number of nitrogens with one attached hydrogen (secondary N) is 3. The fraction of sp³-hybridized carbons (Fsp3) is 0.412. The number of hydroxylamine groups is 1. The summed E-state index contributed by atoms with van der Waals surface area (Å²) in [6.45, 7) is 5.26. The van der Waals surface area contributed by atoms with E-state index < -0.39 is 21.7 Å². The van der Waals surface area contributed by atoms with Crippen molar-refractivity contribution < 1.29 is 27.5 Å². The van der Waals surface area contributed by atoms with E-state index in [1.54, 1.807) is 26.8 Å². The summed E-state index contributed by atoms with van der Waals surface area (Å²) in [6.07, 6.45) is 1.73. The molecule has 3 rings (SSSR count). The lowest BCUT2D eigenvalue weighted by atomic mass is 10.1. The molecule has 31 heavy (non-hydrogen) atoms. The number of carbonyl (C=O) groups excluding carboxylic acids is 1. The van der Waals surface area contributed by atoms with Crippen LogP contribution in [0.5, 0.6) is 11.8 Å². The SMILES string of the molecule is COc1cc(OC)nc(NC(=O)NS(=O)(=O)c2c(C3=CC(C)(C)ON3)c(C)nn2C)n1. The number of carbonyl (C=O) groups is 1. The number of hydrogen-bond acceptors (Lipinski definition) is 10. The third-order valence-corrected chi connectivity index (χ3v) is 5.59. The summed E-state index contributed by atoms with van der Waals surface area (Å²) in [4.78, 5) is 25.7. The Kier molecular flexibility index (Phi) is 5.78. The van der Waals surface area contributed by atoms with E-state index in [4.69, 9.17) is 14.3 Å². The molecule has 0 spiro atoms. The van der Waals surface area contributed by atoms with Gasteiger partial charge in [0.25, 0.3) is 10.0 Å². The molecule has 0 bridgehead atoms. The number of methoxy groups -OCH3 is 2. The minimum Gasteiger partial charge on any atom is -0.481 e. The maximum Gasteiger partial charge on any atom is 0.335 e. The summed E-state index contributed by atoms with van der Waals surface area (Å²) in [5.74, 6) is 0.0356. The number of aryl methyl sites for hydroxylation is 2. The van der Waals surface area contributed by atoms with Gasteiger partial charge in [0.15, 0.2) is 5.03 Å². The van der Waals surface area contributed by atoms with Gasteiger partial charge >= 0.3 is 6.03 Å². The quantitative estimate of drug-likeness (QED) is 0.568. The van der Waals surface area contributed by atoms with E-state index in [1.807, 2.05) is 4.72 Å². The summed E-state index contributed by atoms with van der Waals surface area (Å²) in [7, 11) is -0.135. The summed E-state index contributed by atoms with van der Waals surface area (Å²) in [5.41, 5.74) is 3.22. The van der Waals surface area contributed by atoms with Gasteiger partial charge < -0.3 is 9.47 Å². The van der Waals surface area contributed by atoms with Crippen molar-refractivity contribution in [3.05, 3.63) is 23.4 Å². The zero-order valence-corrected chi connectivity index (χ0v) is 18.6. The first-order valence-electron chi connectivity index (χ1n) is 8.97. The molecule has 0 radical (unpaired) electrons. The molecule has 14 heteroatoms. The minimum absolute atomic E-state index is 0.122. The molecular formula is C17H23N7O6S. The molecule has 0 unspecified atom stereocenters. The van der Waals surface area contributed by atoms with E-state index in [-0.39, 0.29) is 28.3 Å². The van der Waals surface area contributed by atoms with E-state index >= 15 is 0 Å². The molecule has 0 saturated heterocycles. The van der Waals surface area contributed by atoms with Gasteiger partial charge in [0, 0.05) is 7.05 Å². The van der Waals surface area contributed by atoms with Crippen molar-refractivity contribution >= 4 is 27.7 Å². The second-order valence-corrected chi connectivity index (χ2v) is 8.69. The van der Waals surface area contributed by atoms with Crippen molar-refractivity contribution in [3.8, 4) is 11.8 Å². The van der Waals surface area contributed by atoms with Crippen LogP contribution in [0.4, 0.5) is 10.7 Å². The molecule has 1 aliphatic rings. The van der Waals surface area contributed by atoms with Crippen molar-refractivity contribution in [2.24, 2.45) is 7.05 Å². The second kappa shape index (κ2) is 8.03. The largest absolute Gasteiger partial charge is 0.481 e. The first-order chi connectivity index (χ1) is 14.5. The molecule has 3 heterocycles. The Morgan fingerprint density at radius 2 is 1.84 bits per heavy atom. The molecule has 168 valence electrons. The highest BCUT2D eigenvalue weighted by atomic mass is 32.2. The lowest BCUT2D eigenvalue weighted by Gasteiger charge is -2.12. The average molecular weight is 453 g/mol. The van der Waals surface area contributed by atoms with E-state index in [0.717, 1.165) is 0 Å². The van der Waals surface area contributed by atoms with Crippen LogP contribution in [-0.2, 0) is 21.9 Å². The van der Waals surface area contributed by atoms with Crippen molar-refractivity contribution in [1.29, 1.82) is 0 Å². The summed E-state index contributed by atoms with van der Waals surface area (Å²) >= 11 is 0. The maximum atomic E-state index is 13.0. The zero-order valence-electron chi connectivity index (χ0n) is 17.8. The zero-order chi connectivity index (χ0) is 23.0. The topological polar surface area (TPSA) is 159 Å². The molecule has 13 nitrogen and oxygen atoms in total. The molecular weight excluding hydrogens is 430 g/mol. The van der Waals surface area contributed by atoms with E-state index in [2.05, 4.69) is 25.9 Å². The summed E-state index contributed by atoms with van der Waals surface area (Å²) < 4.78 is 39.2. The number of anilines is 1.